The van der Waals surface area contributed by atoms with E-state index in [1.807, 2.05) is 0 Å². The van der Waals surface area contributed by atoms with Crippen molar-refractivity contribution in [3.63, 3.8) is 0 Å². The Morgan fingerprint density at radius 2 is 2.05 bits per heavy atom. The Kier molecular flexibility index (Phi) is 5.74. The predicted octanol–water partition coefficient (Wildman–Crippen LogP) is 2.84. The summed E-state index contributed by atoms with van der Waals surface area (Å²) >= 11 is 1.64. The van der Waals surface area contributed by atoms with E-state index in [4.69, 9.17) is 0 Å². The first kappa shape index (κ1) is 17.1. The van der Waals surface area contributed by atoms with E-state index in [1.54, 1.807) is 16.7 Å². The van der Waals surface area contributed by atoms with Gasteiger partial charge in [-0.25, -0.2) is 4.79 Å². The summed E-state index contributed by atoms with van der Waals surface area (Å²) in [6, 6.07) is 0. The van der Waals surface area contributed by atoms with Crippen LogP contribution >= 0.6 is 11.8 Å². The first-order valence-corrected chi connectivity index (χ1v) is 8.05. The van der Waals surface area contributed by atoms with Crippen LogP contribution in [0.25, 0.3) is 0 Å². The van der Waals surface area contributed by atoms with Gasteiger partial charge in [-0.2, -0.15) is 11.8 Å². The fourth-order valence-corrected chi connectivity index (χ4v) is 4.33. The molecule has 1 aliphatic heterocycles. The van der Waals surface area contributed by atoms with Crippen molar-refractivity contribution in [3.05, 3.63) is 0 Å². The molecule has 0 spiro atoms. The highest BCUT2D eigenvalue weighted by atomic mass is 32.2. The number of carbonyl (C=O) groups is 2. The zero-order valence-corrected chi connectivity index (χ0v) is 13.6. The molecule has 0 radical (unpaired) electrons. The minimum absolute atomic E-state index is 0.125. The van der Waals surface area contributed by atoms with E-state index in [0.717, 1.165) is 18.6 Å². The second-order valence-corrected chi connectivity index (χ2v) is 7.30. The second-order valence-electron chi connectivity index (χ2n) is 6.20. The summed E-state index contributed by atoms with van der Waals surface area (Å²) < 4.78 is 4.62. The van der Waals surface area contributed by atoms with Crippen LogP contribution < -0.4 is 0 Å². The molecular formula is C14H25NO4S. The molecule has 1 unspecified atom stereocenters. The van der Waals surface area contributed by atoms with Gasteiger partial charge < -0.3 is 14.7 Å². The Morgan fingerprint density at radius 3 is 2.55 bits per heavy atom. The number of esters is 1. The summed E-state index contributed by atoms with van der Waals surface area (Å²) in [4.78, 5) is 24.2. The lowest BCUT2D eigenvalue weighted by Crippen LogP contribution is -2.57. The fraction of sp³-hybridized carbons (Fsp3) is 0.857. The molecule has 5 nitrogen and oxygen atoms in total. The van der Waals surface area contributed by atoms with Crippen LogP contribution in [0.1, 0.15) is 40.0 Å². The number of nitrogens with zero attached hydrogens (tertiary/aromatic N) is 1. The number of methoxy groups -OCH3 is 1. The molecule has 1 saturated heterocycles. The van der Waals surface area contributed by atoms with E-state index in [2.05, 4.69) is 25.5 Å². The molecule has 0 aliphatic carbocycles. The molecule has 1 fully saturated rings. The van der Waals surface area contributed by atoms with Crippen molar-refractivity contribution in [1.82, 2.24) is 4.90 Å². The van der Waals surface area contributed by atoms with E-state index in [-0.39, 0.29) is 16.9 Å². The fourth-order valence-electron chi connectivity index (χ4n) is 2.80. The molecule has 0 bridgehead atoms. The van der Waals surface area contributed by atoms with Gasteiger partial charge in [0.1, 0.15) is 0 Å². The lowest BCUT2D eigenvalue weighted by Gasteiger charge is -2.47. The number of likely N-dealkylation sites (tertiary alicyclic amines) is 1. The van der Waals surface area contributed by atoms with Crippen LogP contribution in [0.2, 0.25) is 0 Å². The molecule has 6 heteroatoms. The zero-order chi connectivity index (χ0) is 15.4. The average Bonchev–Trinajstić information content (AvgIpc) is 2.79. The van der Waals surface area contributed by atoms with Gasteiger partial charge in [-0.15, -0.1) is 0 Å². The minimum atomic E-state index is -0.842. The lowest BCUT2D eigenvalue weighted by molar-refractivity contribution is -0.140. The van der Waals surface area contributed by atoms with Gasteiger partial charge in [-0.05, 0) is 18.3 Å². The van der Waals surface area contributed by atoms with Gasteiger partial charge in [-0.1, -0.05) is 20.8 Å². The molecule has 1 heterocycles. The summed E-state index contributed by atoms with van der Waals surface area (Å²) in [5.74, 6) is 1.17. The molecule has 0 aromatic rings. The van der Waals surface area contributed by atoms with Gasteiger partial charge >= 0.3 is 12.1 Å². The zero-order valence-electron chi connectivity index (χ0n) is 12.8. The Bertz CT molecular complexity index is 367. The van der Waals surface area contributed by atoms with Crippen molar-refractivity contribution in [2.24, 2.45) is 5.41 Å². The molecule has 1 amide bonds. The van der Waals surface area contributed by atoms with Crippen molar-refractivity contribution in [2.75, 3.05) is 25.2 Å². The number of carboxylic acid groups (broad SMARTS) is 1. The number of carbonyl (C=O) groups excluding carboxylic acids is 1. The van der Waals surface area contributed by atoms with Crippen molar-refractivity contribution >= 4 is 23.8 Å². The average molecular weight is 303 g/mol. The van der Waals surface area contributed by atoms with Crippen LogP contribution in [0.15, 0.2) is 0 Å². The van der Waals surface area contributed by atoms with Gasteiger partial charge in [0, 0.05) is 18.1 Å². The van der Waals surface area contributed by atoms with E-state index < -0.39 is 6.09 Å². The number of hydrogen-bond acceptors (Lipinski definition) is 4. The molecule has 116 valence electrons. The first-order valence-electron chi connectivity index (χ1n) is 6.90. The van der Waals surface area contributed by atoms with Crippen LogP contribution in [0.4, 0.5) is 4.79 Å². The van der Waals surface area contributed by atoms with Crippen LogP contribution in [-0.4, -0.2) is 52.8 Å². The van der Waals surface area contributed by atoms with Crippen molar-refractivity contribution < 1.29 is 19.4 Å². The standard InChI is InChI=1S/C14H25NO4S/c1-13(2,3)14(7-5-8-15(14)12(17)18)10-20-9-6-11(16)19-4/h5-10H2,1-4H3,(H,17,18). The molecule has 0 saturated carbocycles. The molecule has 0 aromatic heterocycles. The van der Waals surface area contributed by atoms with Crippen molar-refractivity contribution in [3.8, 4) is 0 Å². The van der Waals surface area contributed by atoms with E-state index >= 15 is 0 Å². The molecule has 0 aromatic carbocycles. The third kappa shape index (κ3) is 3.59. The Morgan fingerprint density at radius 1 is 1.40 bits per heavy atom. The van der Waals surface area contributed by atoms with Crippen LogP contribution in [0.5, 0.6) is 0 Å². The van der Waals surface area contributed by atoms with Crippen molar-refractivity contribution in [2.45, 2.75) is 45.6 Å². The number of ether oxygens (including phenoxy) is 1. The van der Waals surface area contributed by atoms with E-state index in [9.17, 15) is 14.7 Å². The molecule has 1 rings (SSSR count). The third-order valence-electron chi connectivity index (χ3n) is 4.13. The van der Waals surface area contributed by atoms with Gasteiger partial charge in [0.15, 0.2) is 0 Å². The summed E-state index contributed by atoms with van der Waals surface area (Å²) in [5, 5.41) is 9.44. The van der Waals surface area contributed by atoms with Crippen LogP contribution in [-0.2, 0) is 9.53 Å². The number of rotatable bonds is 5. The highest BCUT2D eigenvalue weighted by Crippen LogP contribution is 2.45. The summed E-state index contributed by atoms with van der Waals surface area (Å²) in [7, 11) is 1.38. The maximum absolute atomic E-state index is 11.5. The lowest BCUT2D eigenvalue weighted by atomic mass is 9.73. The SMILES string of the molecule is COC(=O)CCSCC1(C(C)(C)C)CCCN1C(=O)O. The van der Waals surface area contributed by atoms with Gasteiger partial charge in [-0.3, -0.25) is 4.79 Å². The number of amides is 1. The topological polar surface area (TPSA) is 66.8 Å². The van der Waals surface area contributed by atoms with Gasteiger partial charge in [0.05, 0.1) is 19.1 Å². The summed E-state index contributed by atoms with van der Waals surface area (Å²) in [6.07, 6.45) is 1.31. The summed E-state index contributed by atoms with van der Waals surface area (Å²) in [6.45, 7) is 6.88. The van der Waals surface area contributed by atoms with Gasteiger partial charge in [0.25, 0.3) is 0 Å². The predicted molar refractivity (Wildman–Crippen MR) is 80.1 cm³/mol. The number of hydrogen-bond donors (Lipinski definition) is 1. The minimum Gasteiger partial charge on any atom is -0.469 e. The molecular weight excluding hydrogens is 278 g/mol. The maximum Gasteiger partial charge on any atom is 0.407 e. The smallest absolute Gasteiger partial charge is 0.407 e. The Hall–Kier alpha value is -0.910. The van der Waals surface area contributed by atoms with Crippen molar-refractivity contribution in [1.29, 1.82) is 0 Å². The van der Waals surface area contributed by atoms with Crippen LogP contribution in [0, 0.1) is 5.41 Å². The monoisotopic (exact) mass is 303 g/mol. The van der Waals surface area contributed by atoms with E-state index in [0.29, 0.717) is 18.7 Å². The maximum atomic E-state index is 11.5. The van der Waals surface area contributed by atoms with Gasteiger partial charge in [0.2, 0.25) is 0 Å². The Balaban J connectivity index is 2.71. The third-order valence-corrected chi connectivity index (χ3v) is 5.31. The molecule has 1 N–H and O–H groups in total. The second kappa shape index (κ2) is 6.70. The first-order chi connectivity index (χ1) is 9.24. The number of thioether (sulfide) groups is 1. The normalized spacial score (nSPS) is 22.9. The van der Waals surface area contributed by atoms with Crippen LogP contribution in [0.3, 0.4) is 0 Å². The highest BCUT2D eigenvalue weighted by molar-refractivity contribution is 7.99. The largest absolute Gasteiger partial charge is 0.469 e. The van der Waals surface area contributed by atoms with E-state index in [1.165, 1.54) is 7.11 Å². The molecule has 1 atom stereocenters. The summed E-state index contributed by atoms with van der Waals surface area (Å²) in [5.41, 5.74) is -0.472. The highest BCUT2D eigenvalue weighted by Gasteiger charge is 2.51. The molecule has 20 heavy (non-hydrogen) atoms. The quantitative estimate of drug-likeness (QED) is 0.625. The Labute approximate surface area is 125 Å². The molecule has 1 aliphatic rings.